The molecule has 5 rings (SSSR count). The Kier molecular flexibility index (Phi) is 2.20. The summed E-state index contributed by atoms with van der Waals surface area (Å²) in [5.41, 5.74) is 0. The fourth-order valence-corrected chi connectivity index (χ4v) is 11.0. The molecule has 0 aromatic carbocycles. The lowest BCUT2D eigenvalue weighted by Crippen LogP contribution is -2.53. The van der Waals surface area contributed by atoms with Crippen molar-refractivity contribution < 1.29 is 0 Å². The Morgan fingerprint density at radius 2 is 1.12 bits per heavy atom. The smallest absolute Gasteiger partial charge is 0.0219 e. The van der Waals surface area contributed by atoms with Crippen molar-refractivity contribution in [2.75, 3.05) is 0 Å². The van der Waals surface area contributed by atoms with Crippen LogP contribution < -0.4 is 0 Å². The van der Waals surface area contributed by atoms with Crippen molar-refractivity contribution in [1.82, 2.24) is 0 Å². The molecule has 0 amide bonds. The first kappa shape index (κ1) is 11.1. The summed E-state index contributed by atoms with van der Waals surface area (Å²) in [5.74, 6) is 8.16. The minimum Gasteiger partial charge on any atom is -0.0884 e. The van der Waals surface area contributed by atoms with Crippen LogP contribution in [-0.4, -0.2) is 14.5 Å². The van der Waals surface area contributed by atoms with Crippen molar-refractivity contribution in [1.29, 1.82) is 0 Å². The van der Waals surface area contributed by atoms with Crippen LogP contribution in [0.15, 0.2) is 0 Å². The first-order valence-electron chi connectivity index (χ1n) is 7.10. The van der Waals surface area contributed by atoms with Gasteiger partial charge in [-0.2, -0.15) is 0 Å². The van der Waals surface area contributed by atoms with Crippen LogP contribution in [0.1, 0.15) is 19.3 Å². The van der Waals surface area contributed by atoms with Crippen LogP contribution in [0, 0.1) is 47.3 Å². The Hall–Kier alpha value is 1.44. The summed E-state index contributed by atoms with van der Waals surface area (Å²) < 4.78 is 0. The number of alkyl halides is 3. The van der Waals surface area contributed by atoms with E-state index in [2.05, 4.69) is 47.8 Å². The standard InChI is InChI=1S/C14H17Br3/c15-12-4-1-5-6(2-4)10(12)11-7-3-8(14(11)17)13(16)9(5)7/h4-14H,1-3H2. The fourth-order valence-electron chi connectivity index (χ4n) is 6.75. The molecule has 0 N–H and O–H groups in total. The molecule has 0 nitrogen and oxygen atoms in total. The molecule has 3 heteroatoms. The van der Waals surface area contributed by atoms with E-state index in [1.807, 2.05) is 0 Å². The Labute approximate surface area is 128 Å². The normalized spacial score (nSPS) is 74.6. The predicted octanol–water partition coefficient (Wildman–Crippen LogP) is 4.44. The van der Waals surface area contributed by atoms with Crippen molar-refractivity contribution in [2.24, 2.45) is 47.3 Å². The first-order valence-corrected chi connectivity index (χ1v) is 9.85. The minimum absolute atomic E-state index is 0.804. The first-order chi connectivity index (χ1) is 8.18. The summed E-state index contributed by atoms with van der Waals surface area (Å²) in [5, 5.41) is 0. The molecule has 4 bridgehead atoms. The zero-order valence-corrected chi connectivity index (χ0v) is 14.4. The van der Waals surface area contributed by atoms with Gasteiger partial charge in [0.15, 0.2) is 0 Å². The molecule has 5 saturated carbocycles. The van der Waals surface area contributed by atoms with Gasteiger partial charge in [-0.05, 0) is 66.6 Å². The monoisotopic (exact) mass is 422 g/mol. The maximum absolute atomic E-state index is 4.07. The van der Waals surface area contributed by atoms with E-state index in [1.54, 1.807) is 0 Å². The summed E-state index contributed by atoms with van der Waals surface area (Å²) in [6, 6.07) is 0. The van der Waals surface area contributed by atoms with E-state index < -0.39 is 0 Å². The molecule has 0 aromatic heterocycles. The van der Waals surface area contributed by atoms with E-state index >= 15 is 0 Å². The molecule has 5 fully saturated rings. The zero-order chi connectivity index (χ0) is 11.5. The van der Waals surface area contributed by atoms with Crippen LogP contribution in [0.2, 0.25) is 0 Å². The van der Waals surface area contributed by atoms with E-state index in [4.69, 9.17) is 0 Å². The van der Waals surface area contributed by atoms with Gasteiger partial charge in [0, 0.05) is 14.5 Å². The van der Waals surface area contributed by atoms with E-state index in [1.165, 1.54) is 19.3 Å². The molecule has 0 aliphatic heterocycles. The fraction of sp³-hybridized carbons (Fsp3) is 1.00. The Morgan fingerprint density at radius 3 is 1.76 bits per heavy atom. The van der Waals surface area contributed by atoms with Gasteiger partial charge in [0.25, 0.3) is 0 Å². The maximum Gasteiger partial charge on any atom is 0.0219 e. The van der Waals surface area contributed by atoms with Crippen molar-refractivity contribution in [3.05, 3.63) is 0 Å². The van der Waals surface area contributed by atoms with E-state index in [9.17, 15) is 0 Å². The van der Waals surface area contributed by atoms with Crippen LogP contribution in [0.5, 0.6) is 0 Å². The summed E-state index contributed by atoms with van der Waals surface area (Å²) in [6.07, 6.45) is 4.58. The van der Waals surface area contributed by atoms with Gasteiger partial charge in [-0.1, -0.05) is 47.8 Å². The summed E-state index contributed by atoms with van der Waals surface area (Å²) in [4.78, 5) is 2.48. The van der Waals surface area contributed by atoms with Gasteiger partial charge in [0.05, 0.1) is 0 Å². The van der Waals surface area contributed by atoms with E-state index in [0.717, 1.165) is 61.8 Å². The van der Waals surface area contributed by atoms with E-state index in [0.29, 0.717) is 0 Å². The van der Waals surface area contributed by atoms with Crippen LogP contribution in [-0.2, 0) is 0 Å². The quantitative estimate of drug-likeness (QED) is 0.504. The molecule has 11 atom stereocenters. The highest BCUT2D eigenvalue weighted by atomic mass is 79.9. The molecule has 0 saturated heterocycles. The van der Waals surface area contributed by atoms with Gasteiger partial charge in [-0.25, -0.2) is 0 Å². The lowest BCUT2D eigenvalue weighted by molar-refractivity contribution is 0.00270. The Morgan fingerprint density at radius 1 is 0.529 bits per heavy atom. The molecular formula is C14H17Br3. The number of halogens is 3. The molecule has 5 aliphatic carbocycles. The van der Waals surface area contributed by atoms with Gasteiger partial charge in [-0.3, -0.25) is 0 Å². The summed E-state index contributed by atoms with van der Waals surface area (Å²) >= 11 is 12.2. The molecule has 0 radical (unpaired) electrons. The second-order valence-corrected chi connectivity index (χ2v) is 10.4. The number of fused-ring (bicyclic) bond motifs is 4. The number of hydrogen-bond donors (Lipinski definition) is 0. The average Bonchev–Trinajstić information content (AvgIpc) is 2.97. The number of hydrogen-bond acceptors (Lipinski definition) is 0. The molecule has 5 aliphatic rings. The number of rotatable bonds is 0. The Balaban J connectivity index is 1.65. The van der Waals surface area contributed by atoms with Crippen molar-refractivity contribution in [2.45, 2.75) is 33.7 Å². The molecule has 11 unspecified atom stereocenters. The highest BCUT2D eigenvalue weighted by molar-refractivity contribution is 9.10. The largest absolute Gasteiger partial charge is 0.0884 e. The van der Waals surface area contributed by atoms with Gasteiger partial charge in [0.2, 0.25) is 0 Å². The van der Waals surface area contributed by atoms with Gasteiger partial charge in [-0.15, -0.1) is 0 Å². The third-order valence-electron chi connectivity index (χ3n) is 7.04. The third-order valence-corrected chi connectivity index (χ3v) is 11.0. The lowest BCUT2D eigenvalue weighted by atomic mass is 9.55. The lowest BCUT2D eigenvalue weighted by Gasteiger charge is -2.54. The maximum atomic E-state index is 4.07. The van der Waals surface area contributed by atoms with Gasteiger partial charge in [0.1, 0.15) is 0 Å². The van der Waals surface area contributed by atoms with Crippen LogP contribution in [0.4, 0.5) is 0 Å². The molecular weight excluding hydrogens is 408 g/mol. The minimum atomic E-state index is 0.804. The molecule has 0 heterocycles. The SMILES string of the molecule is BrC1C2CC3C1C1CC4CC1C(C4Br)C3C2Br. The van der Waals surface area contributed by atoms with Crippen LogP contribution in [0.3, 0.4) is 0 Å². The van der Waals surface area contributed by atoms with Crippen molar-refractivity contribution in [3.8, 4) is 0 Å². The van der Waals surface area contributed by atoms with Gasteiger partial charge < -0.3 is 0 Å². The Bertz CT molecular complexity index is 384. The predicted molar refractivity (Wildman–Crippen MR) is 79.9 cm³/mol. The topological polar surface area (TPSA) is 0 Å². The second-order valence-electron chi connectivity index (χ2n) is 7.19. The molecule has 94 valence electrons. The highest BCUT2D eigenvalue weighted by Crippen LogP contribution is 2.74. The van der Waals surface area contributed by atoms with Gasteiger partial charge >= 0.3 is 0 Å². The van der Waals surface area contributed by atoms with Crippen molar-refractivity contribution >= 4 is 47.8 Å². The van der Waals surface area contributed by atoms with Crippen LogP contribution >= 0.6 is 47.8 Å². The third kappa shape index (κ3) is 1.10. The summed E-state index contributed by atoms with van der Waals surface area (Å²) in [7, 11) is 0. The second kappa shape index (κ2) is 3.36. The van der Waals surface area contributed by atoms with Crippen LogP contribution in [0.25, 0.3) is 0 Å². The average molecular weight is 425 g/mol. The molecule has 0 spiro atoms. The zero-order valence-electron chi connectivity index (χ0n) is 9.61. The summed E-state index contributed by atoms with van der Waals surface area (Å²) in [6.45, 7) is 0. The highest BCUT2D eigenvalue weighted by Gasteiger charge is 2.70. The molecule has 17 heavy (non-hydrogen) atoms. The van der Waals surface area contributed by atoms with E-state index in [-0.39, 0.29) is 0 Å². The molecule has 0 aromatic rings. The van der Waals surface area contributed by atoms with Crippen molar-refractivity contribution in [3.63, 3.8) is 0 Å².